The first kappa shape index (κ1) is 11.5. The van der Waals surface area contributed by atoms with Gasteiger partial charge in [-0.3, -0.25) is 0 Å². The summed E-state index contributed by atoms with van der Waals surface area (Å²) in [6, 6.07) is 10.0. The van der Waals surface area contributed by atoms with Gasteiger partial charge in [-0.1, -0.05) is 47.2 Å². The molecule has 16 heavy (non-hydrogen) atoms. The van der Waals surface area contributed by atoms with Crippen LogP contribution in [-0.2, 0) is 6.42 Å². The van der Waals surface area contributed by atoms with Crippen LogP contribution in [0.5, 0.6) is 0 Å². The standard InChI is InChI=1S/C12H11BrN2S/c1-2-11-14-10(7-12(16)15-11)8-3-5-9(13)6-4-8/h3-7H,2H2,1H3,(H,14,15,16). The van der Waals surface area contributed by atoms with Gasteiger partial charge >= 0.3 is 0 Å². The molecule has 0 saturated heterocycles. The molecule has 1 aromatic heterocycles. The smallest absolute Gasteiger partial charge is 0.130 e. The lowest BCUT2D eigenvalue weighted by Crippen LogP contribution is -1.95. The van der Waals surface area contributed by atoms with Crippen molar-refractivity contribution in [3.05, 3.63) is 45.3 Å². The summed E-state index contributed by atoms with van der Waals surface area (Å²) in [6.45, 7) is 2.05. The summed E-state index contributed by atoms with van der Waals surface area (Å²) in [5.74, 6) is 0.922. The largest absolute Gasteiger partial charge is 0.343 e. The fourth-order valence-corrected chi connectivity index (χ4v) is 1.95. The monoisotopic (exact) mass is 294 g/mol. The maximum absolute atomic E-state index is 5.14. The van der Waals surface area contributed by atoms with E-state index in [1.807, 2.05) is 30.3 Å². The number of nitrogens with zero attached hydrogens (tertiary/aromatic N) is 1. The molecular weight excluding hydrogens is 284 g/mol. The number of halogens is 1. The summed E-state index contributed by atoms with van der Waals surface area (Å²) in [5, 5.41) is 0. The molecule has 1 N–H and O–H groups in total. The topological polar surface area (TPSA) is 28.7 Å². The first-order valence-corrected chi connectivity index (χ1v) is 6.25. The van der Waals surface area contributed by atoms with E-state index >= 15 is 0 Å². The quantitative estimate of drug-likeness (QED) is 0.844. The molecule has 0 unspecified atom stereocenters. The molecule has 0 radical (unpaired) electrons. The molecule has 4 heteroatoms. The van der Waals surface area contributed by atoms with Crippen molar-refractivity contribution in [2.75, 3.05) is 0 Å². The lowest BCUT2D eigenvalue weighted by Gasteiger charge is -2.04. The number of nitrogens with one attached hydrogen (secondary N) is 1. The highest BCUT2D eigenvalue weighted by molar-refractivity contribution is 9.10. The molecule has 0 amide bonds. The first-order valence-electron chi connectivity index (χ1n) is 5.05. The maximum atomic E-state index is 5.14. The van der Waals surface area contributed by atoms with Gasteiger partial charge in [0.05, 0.1) is 0 Å². The molecule has 1 aromatic carbocycles. The highest BCUT2D eigenvalue weighted by atomic mass is 79.9. The van der Waals surface area contributed by atoms with E-state index in [4.69, 9.17) is 12.2 Å². The van der Waals surface area contributed by atoms with Crippen molar-refractivity contribution in [2.24, 2.45) is 0 Å². The Morgan fingerprint density at radius 1 is 1.31 bits per heavy atom. The van der Waals surface area contributed by atoms with Crippen LogP contribution in [0.3, 0.4) is 0 Å². The van der Waals surface area contributed by atoms with Gasteiger partial charge in [0, 0.05) is 16.6 Å². The normalized spacial score (nSPS) is 10.4. The molecule has 0 aliphatic heterocycles. The van der Waals surface area contributed by atoms with Crippen molar-refractivity contribution in [3.8, 4) is 11.3 Å². The summed E-state index contributed by atoms with van der Waals surface area (Å²) in [4.78, 5) is 7.52. The predicted molar refractivity (Wildman–Crippen MR) is 71.9 cm³/mol. The molecule has 0 bridgehead atoms. The fourth-order valence-electron chi connectivity index (χ4n) is 1.46. The number of hydrogen-bond acceptors (Lipinski definition) is 2. The maximum Gasteiger partial charge on any atom is 0.130 e. The van der Waals surface area contributed by atoms with Gasteiger partial charge in [-0.25, -0.2) is 4.98 Å². The third kappa shape index (κ3) is 2.57. The third-order valence-corrected chi connectivity index (χ3v) is 3.02. The minimum atomic E-state index is 0.633. The highest BCUT2D eigenvalue weighted by Crippen LogP contribution is 2.19. The SMILES string of the molecule is CCc1nc(=S)cc(-c2ccc(Br)cc2)[nH]1. The Morgan fingerprint density at radius 2 is 2.00 bits per heavy atom. The van der Waals surface area contributed by atoms with E-state index in [9.17, 15) is 0 Å². The molecule has 0 atom stereocenters. The molecule has 2 nitrogen and oxygen atoms in total. The fraction of sp³-hybridized carbons (Fsp3) is 0.167. The Morgan fingerprint density at radius 3 is 2.62 bits per heavy atom. The van der Waals surface area contributed by atoms with Crippen molar-refractivity contribution >= 4 is 28.1 Å². The molecule has 2 rings (SSSR count). The van der Waals surface area contributed by atoms with E-state index in [-0.39, 0.29) is 0 Å². The average molecular weight is 295 g/mol. The van der Waals surface area contributed by atoms with Crippen molar-refractivity contribution < 1.29 is 0 Å². The molecule has 0 aliphatic carbocycles. The Bertz CT molecular complexity index is 546. The zero-order chi connectivity index (χ0) is 11.5. The number of aromatic nitrogens is 2. The zero-order valence-electron chi connectivity index (χ0n) is 8.83. The lowest BCUT2D eigenvalue weighted by molar-refractivity contribution is 0.936. The minimum absolute atomic E-state index is 0.633. The Balaban J connectivity index is 2.51. The van der Waals surface area contributed by atoms with Crippen LogP contribution in [0.1, 0.15) is 12.7 Å². The number of rotatable bonds is 2. The number of hydrogen-bond donors (Lipinski definition) is 1. The zero-order valence-corrected chi connectivity index (χ0v) is 11.2. The second kappa shape index (κ2) is 4.89. The van der Waals surface area contributed by atoms with Crippen LogP contribution in [0.25, 0.3) is 11.3 Å². The molecule has 0 saturated carbocycles. The summed E-state index contributed by atoms with van der Waals surface area (Å²) >= 11 is 8.56. The van der Waals surface area contributed by atoms with E-state index in [0.29, 0.717) is 4.64 Å². The van der Waals surface area contributed by atoms with Crippen LogP contribution in [0.2, 0.25) is 0 Å². The van der Waals surface area contributed by atoms with Crippen LogP contribution >= 0.6 is 28.1 Å². The molecule has 0 spiro atoms. The van der Waals surface area contributed by atoms with Crippen LogP contribution in [0, 0.1) is 4.64 Å². The Hall–Kier alpha value is -1.00. The highest BCUT2D eigenvalue weighted by Gasteiger charge is 2.00. The van der Waals surface area contributed by atoms with Crippen molar-refractivity contribution in [2.45, 2.75) is 13.3 Å². The number of aromatic amines is 1. The average Bonchev–Trinajstić information content (AvgIpc) is 2.29. The first-order chi connectivity index (χ1) is 7.69. The van der Waals surface area contributed by atoms with Gasteiger partial charge in [0.25, 0.3) is 0 Å². The molecule has 82 valence electrons. The van der Waals surface area contributed by atoms with Crippen molar-refractivity contribution in [3.63, 3.8) is 0 Å². The van der Waals surface area contributed by atoms with E-state index < -0.39 is 0 Å². The van der Waals surface area contributed by atoms with Gasteiger partial charge < -0.3 is 4.98 Å². The van der Waals surface area contributed by atoms with E-state index in [0.717, 1.165) is 28.0 Å². The van der Waals surface area contributed by atoms with E-state index in [1.54, 1.807) is 0 Å². The summed E-state index contributed by atoms with van der Waals surface area (Å²) in [6.07, 6.45) is 0.855. The van der Waals surface area contributed by atoms with Crippen molar-refractivity contribution in [1.29, 1.82) is 0 Å². The van der Waals surface area contributed by atoms with Crippen LogP contribution < -0.4 is 0 Å². The minimum Gasteiger partial charge on any atom is -0.343 e. The van der Waals surface area contributed by atoms with Crippen LogP contribution in [0.15, 0.2) is 34.8 Å². The lowest BCUT2D eigenvalue weighted by atomic mass is 10.1. The van der Waals surface area contributed by atoms with Gasteiger partial charge in [0.1, 0.15) is 10.5 Å². The van der Waals surface area contributed by atoms with Crippen LogP contribution in [-0.4, -0.2) is 9.97 Å². The van der Waals surface area contributed by atoms with E-state index in [2.05, 4.69) is 32.8 Å². The van der Waals surface area contributed by atoms with E-state index in [1.165, 1.54) is 0 Å². The van der Waals surface area contributed by atoms with Crippen LogP contribution in [0.4, 0.5) is 0 Å². The van der Waals surface area contributed by atoms with Gasteiger partial charge in [-0.05, 0) is 23.8 Å². The van der Waals surface area contributed by atoms with Gasteiger partial charge in [-0.15, -0.1) is 0 Å². The third-order valence-electron chi connectivity index (χ3n) is 2.28. The predicted octanol–water partition coefficient (Wildman–Crippen LogP) is 4.13. The molecule has 1 heterocycles. The molecule has 0 aliphatic rings. The molecular formula is C12H11BrN2S. The Labute approximate surface area is 108 Å². The van der Waals surface area contributed by atoms with Gasteiger partial charge in [0.15, 0.2) is 0 Å². The van der Waals surface area contributed by atoms with Gasteiger partial charge in [0.2, 0.25) is 0 Å². The Kier molecular flexibility index (Phi) is 3.51. The number of H-pyrrole nitrogens is 1. The summed E-state index contributed by atoms with van der Waals surface area (Å²) in [5.41, 5.74) is 2.13. The summed E-state index contributed by atoms with van der Waals surface area (Å²) < 4.78 is 1.70. The molecule has 0 fully saturated rings. The number of benzene rings is 1. The van der Waals surface area contributed by atoms with Gasteiger partial charge in [-0.2, -0.15) is 0 Å². The number of aryl methyl sites for hydroxylation is 1. The second-order valence-electron chi connectivity index (χ2n) is 3.44. The van der Waals surface area contributed by atoms with Crippen molar-refractivity contribution in [1.82, 2.24) is 9.97 Å². The molecule has 2 aromatic rings. The second-order valence-corrected chi connectivity index (χ2v) is 4.77. The summed E-state index contributed by atoms with van der Waals surface area (Å²) in [7, 11) is 0.